The molecule has 37 heavy (non-hydrogen) atoms. The van der Waals surface area contributed by atoms with Crippen molar-refractivity contribution in [2.75, 3.05) is 14.1 Å². The monoisotopic (exact) mass is 514 g/mol. The summed E-state index contributed by atoms with van der Waals surface area (Å²) in [4.78, 5) is 6.23. The maximum Gasteiger partial charge on any atom is 0.192 e. The summed E-state index contributed by atoms with van der Waals surface area (Å²) >= 11 is 0. The number of allylic oxidation sites excluding steroid dienone is 2. The molecule has 2 saturated heterocycles. The number of rotatable bonds is 2. The van der Waals surface area contributed by atoms with E-state index in [4.69, 9.17) is 9.15 Å². The van der Waals surface area contributed by atoms with Crippen molar-refractivity contribution in [1.29, 1.82) is 0 Å². The quantitative estimate of drug-likeness (QED) is 0.614. The number of hydrogen-bond acceptors (Lipinski definition) is 6. The molecule has 2 saturated carbocycles. The molecule has 0 amide bonds. The van der Waals surface area contributed by atoms with Crippen molar-refractivity contribution >= 4 is 16.7 Å². The first kappa shape index (κ1) is 24.2. The molecule has 6 nitrogen and oxygen atoms in total. The maximum atomic E-state index is 17.2. The molecule has 3 unspecified atom stereocenters. The zero-order chi connectivity index (χ0) is 26.2. The zero-order valence-corrected chi connectivity index (χ0v) is 21.9. The van der Waals surface area contributed by atoms with Gasteiger partial charge < -0.3 is 24.3 Å². The minimum Gasteiger partial charge on any atom is -0.441 e. The highest BCUT2D eigenvalue weighted by atomic mass is 19.2. The lowest BCUT2D eigenvalue weighted by atomic mass is 9.51. The predicted molar refractivity (Wildman–Crippen MR) is 134 cm³/mol. The molecule has 3 aliphatic carbocycles. The molecule has 0 radical (unpaired) electrons. The van der Waals surface area contributed by atoms with E-state index >= 15 is 8.78 Å². The average Bonchev–Trinajstić information content (AvgIpc) is 3.50. The molecule has 5 aliphatic rings. The molecule has 7 rings (SSSR count). The number of halogens is 2. The van der Waals surface area contributed by atoms with Gasteiger partial charge in [-0.25, -0.2) is 13.8 Å². The van der Waals surface area contributed by atoms with Crippen LogP contribution in [0.4, 0.5) is 8.78 Å². The van der Waals surface area contributed by atoms with Crippen LogP contribution in [0.1, 0.15) is 63.3 Å². The van der Waals surface area contributed by atoms with Crippen LogP contribution in [0.15, 0.2) is 28.7 Å². The Hall–Kier alpha value is -1.87. The fourth-order valence-electron chi connectivity index (χ4n) is 9.18. The SMILES string of the molecule is Cc1nc2ccc(C3=CCC4[C@@]56CC[C@]7(C[C@H](N(C)C)[C@@H](O)[C@H](O)C7(F)CC5(F)CC[C@]34C)O6)cc2o1. The van der Waals surface area contributed by atoms with Crippen LogP contribution >= 0.6 is 0 Å². The van der Waals surface area contributed by atoms with Crippen molar-refractivity contribution in [3.63, 3.8) is 0 Å². The van der Waals surface area contributed by atoms with Crippen molar-refractivity contribution in [3.8, 4) is 0 Å². The lowest BCUT2D eigenvalue weighted by Gasteiger charge is -2.65. The Morgan fingerprint density at radius 1 is 1.11 bits per heavy atom. The van der Waals surface area contributed by atoms with Gasteiger partial charge in [0.1, 0.15) is 28.5 Å². The Kier molecular flexibility index (Phi) is 4.71. The first-order valence-corrected chi connectivity index (χ1v) is 13.6. The van der Waals surface area contributed by atoms with Crippen molar-refractivity contribution in [2.24, 2.45) is 11.3 Å². The van der Waals surface area contributed by atoms with Gasteiger partial charge in [-0.1, -0.05) is 19.1 Å². The molecule has 4 fully saturated rings. The van der Waals surface area contributed by atoms with Crippen LogP contribution in [0, 0.1) is 18.3 Å². The third kappa shape index (κ3) is 2.75. The van der Waals surface area contributed by atoms with Crippen LogP contribution in [0.25, 0.3) is 16.7 Å². The first-order valence-electron chi connectivity index (χ1n) is 13.6. The van der Waals surface area contributed by atoms with Gasteiger partial charge in [-0.3, -0.25) is 0 Å². The van der Waals surface area contributed by atoms with Crippen molar-refractivity contribution < 1.29 is 28.1 Å². The summed E-state index contributed by atoms with van der Waals surface area (Å²) in [6.07, 6.45) is 1.15. The van der Waals surface area contributed by atoms with Crippen LogP contribution in [-0.2, 0) is 4.74 Å². The molecular weight excluding hydrogens is 478 g/mol. The Morgan fingerprint density at radius 2 is 1.89 bits per heavy atom. The Morgan fingerprint density at radius 3 is 2.65 bits per heavy atom. The van der Waals surface area contributed by atoms with Gasteiger partial charge in [-0.2, -0.15) is 0 Å². The lowest BCUT2D eigenvalue weighted by Crippen LogP contribution is -2.78. The second-order valence-corrected chi connectivity index (χ2v) is 12.9. The molecule has 2 N–H and O–H groups in total. The number of aromatic nitrogens is 1. The molecule has 2 aliphatic heterocycles. The van der Waals surface area contributed by atoms with Gasteiger partial charge in [0, 0.05) is 25.3 Å². The Bertz CT molecular complexity index is 1330. The number of aliphatic hydroxyl groups excluding tert-OH is 2. The summed E-state index contributed by atoms with van der Waals surface area (Å²) in [6.45, 7) is 4.03. The van der Waals surface area contributed by atoms with Gasteiger partial charge in [-0.15, -0.1) is 0 Å². The summed E-state index contributed by atoms with van der Waals surface area (Å²) in [6, 6.07) is 5.58. The molecule has 1 aromatic heterocycles. The van der Waals surface area contributed by atoms with Crippen LogP contribution < -0.4 is 0 Å². The highest BCUT2D eigenvalue weighted by Crippen LogP contribution is 2.74. The van der Waals surface area contributed by atoms with Gasteiger partial charge in [0.2, 0.25) is 0 Å². The molecule has 2 bridgehead atoms. The van der Waals surface area contributed by atoms with Gasteiger partial charge >= 0.3 is 0 Å². The molecule has 2 spiro atoms. The molecule has 2 aromatic rings. The minimum atomic E-state index is -2.33. The van der Waals surface area contributed by atoms with Gasteiger partial charge in [-0.05, 0) is 81.3 Å². The van der Waals surface area contributed by atoms with E-state index in [-0.39, 0.29) is 24.2 Å². The number of oxazole rings is 1. The molecule has 200 valence electrons. The van der Waals surface area contributed by atoms with Crippen molar-refractivity contribution in [2.45, 2.75) is 99.6 Å². The van der Waals surface area contributed by atoms with Gasteiger partial charge in [0.15, 0.2) is 17.1 Å². The third-order valence-corrected chi connectivity index (χ3v) is 11.1. The van der Waals surface area contributed by atoms with E-state index in [0.29, 0.717) is 31.6 Å². The average molecular weight is 515 g/mol. The van der Waals surface area contributed by atoms with Crippen LogP contribution in [-0.4, -0.2) is 75.0 Å². The molecule has 1 aromatic carbocycles. The van der Waals surface area contributed by atoms with Gasteiger partial charge in [0.25, 0.3) is 0 Å². The standard InChI is InChI=1S/C29H36F2N2O4/c1-16-32-19-7-5-17(13-21(19)36-16)18-6-8-22-25(18,2)9-10-26(30)15-28(31)24(35)23(34)20(33(3)4)14-27(28)11-12-29(22,26)37-27/h5-7,13,20,22-24,34-35H,8-12,14-15H2,1-4H3/t20-,22?,23+,24-,25+,26?,27+,28?,29-/m0/s1. The minimum absolute atomic E-state index is 0.147. The number of benzene rings is 1. The van der Waals surface area contributed by atoms with Gasteiger partial charge in [0.05, 0.1) is 6.10 Å². The molecule has 3 heterocycles. The first-order chi connectivity index (χ1) is 17.4. The van der Waals surface area contributed by atoms with Crippen LogP contribution in [0.5, 0.6) is 0 Å². The van der Waals surface area contributed by atoms with Crippen LogP contribution in [0.2, 0.25) is 0 Å². The highest BCUT2D eigenvalue weighted by Gasteiger charge is 2.82. The zero-order valence-electron chi connectivity index (χ0n) is 21.9. The molecule has 8 heteroatoms. The maximum absolute atomic E-state index is 17.2. The van der Waals surface area contributed by atoms with E-state index < -0.39 is 47.2 Å². The number of fused-ring (bicyclic) bond motifs is 2. The van der Waals surface area contributed by atoms with E-state index in [2.05, 4.69) is 24.1 Å². The van der Waals surface area contributed by atoms with E-state index in [0.717, 1.165) is 22.2 Å². The second-order valence-electron chi connectivity index (χ2n) is 12.9. The van der Waals surface area contributed by atoms with E-state index in [1.165, 1.54) is 0 Å². The van der Waals surface area contributed by atoms with Crippen molar-refractivity contribution in [3.05, 3.63) is 35.7 Å². The third-order valence-electron chi connectivity index (χ3n) is 11.1. The summed E-state index contributed by atoms with van der Waals surface area (Å²) < 4.78 is 46.7. The normalized spacial score (nSPS) is 48.6. The van der Waals surface area contributed by atoms with Crippen LogP contribution in [0.3, 0.4) is 0 Å². The Labute approximate surface area is 215 Å². The fourth-order valence-corrected chi connectivity index (χ4v) is 9.18. The number of hydrogen-bond donors (Lipinski definition) is 2. The summed E-state index contributed by atoms with van der Waals surface area (Å²) in [5, 5.41) is 21.9. The number of aliphatic hydroxyl groups is 2. The summed E-state index contributed by atoms with van der Waals surface area (Å²) in [5.41, 5.74) is -3.26. The fraction of sp³-hybridized carbons (Fsp3) is 0.690. The number of ether oxygens (including phenoxy) is 1. The van der Waals surface area contributed by atoms with E-state index in [1.807, 2.05) is 38.1 Å². The summed E-state index contributed by atoms with van der Waals surface area (Å²) in [5.74, 6) is 0.472. The Balaban J connectivity index is 1.29. The van der Waals surface area contributed by atoms with E-state index in [9.17, 15) is 10.2 Å². The van der Waals surface area contributed by atoms with E-state index in [1.54, 1.807) is 0 Å². The lowest BCUT2D eigenvalue weighted by molar-refractivity contribution is -0.347. The smallest absolute Gasteiger partial charge is 0.192 e. The van der Waals surface area contributed by atoms with Crippen molar-refractivity contribution in [1.82, 2.24) is 9.88 Å². The second kappa shape index (κ2) is 7.20. The largest absolute Gasteiger partial charge is 0.441 e. The molecule has 9 atom stereocenters. The number of nitrogens with zero attached hydrogens (tertiary/aromatic N) is 2. The molecular formula is C29H36F2N2O4. The predicted octanol–water partition coefficient (Wildman–Crippen LogP) is 4.50. The number of likely N-dealkylation sites (N-methyl/N-ethyl adjacent to an activating group) is 1. The summed E-state index contributed by atoms with van der Waals surface area (Å²) in [7, 11) is 3.63. The topological polar surface area (TPSA) is 79.0 Å². The number of aryl methyl sites for hydroxylation is 1. The number of alkyl halides is 2. The highest BCUT2D eigenvalue weighted by molar-refractivity contribution is 5.82.